The van der Waals surface area contributed by atoms with Crippen molar-refractivity contribution in [3.63, 3.8) is 0 Å². The lowest BCUT2D eigenvalue weighted by atomic mass is 10.0. The van der Waals surface area contributed by atoms with Gasteiger partial charge in [0, 0.05) is 39.8 Å². The molecule has 5 heteroatoms. The summed E-state index contributed by atoms with van der Waals surface area (Å²) in [7, 11) is 3.51. The van der Waals surface area contributed by atoms with Gasteiger partial charge in [0.2, 0.25) is 0 Å². The molecule has 1 aromatic rings. The van der Waals surface area contributed by atoms with Crippen molar-refractivity contribution in [1.29, 1.82) is 0 Å². The number of amides is 2. The molecule has 1 atom stereocenters. The first-order valence-electron chi connectivity index (χ1n) is 6.50. The standard InChI is InChI=1S/C14H20FN3O/c1-17(2)14(19)18-7-6-16-13(10-18)9-11-4-3-5-12(15)8-11/h3-5,8,13,16H,6-7,9-10H2,1-2H3. The third-order valence-electron chi connectivity index (χ3n) is 3.28. The number of carbonyl (C=O) groups excluding carboxylic acids is 1. The number of rotatable bonds is 2. The van der Waals surface area contributed by atoms with Crippen LogP contribution in [0.4, 0.5) is 9.18 Å². The molecule has 1 aromatic carbocycles. The number of hydrogen-bond donors (Lipinski definition) is 1. The molecular formula is C14H20FN3O. The highest BCUT2D eigenvalue weighted by molar-refractivity contribution is 5.74. The molecule has 1 aliphatic rings. The average molecular weight is 265 g/mol. The number of halogens is 1. The number of carbonyl (C=O) groups is 1. The minimum atomic E-state index is -0.213. The minimum Gasteiger partial charge on any atom is -0.331 e. The molecule has 4 nitrogen and oxygen atoms in total. The lowest BCUT2D eigenvalue weighted by Gasteiger charge is -2.35. The lowest BCUT2D eigenvalue weighted by molar-refractivity contribution is 0.152. The van der Waals surface area contributed by atoms with Gasteiger partial charge in [0.1, 0.15) is 5.82 Å². The normalized spacial score (nSPS) is 19.3. The average Bonchev–Trinajstić information content (AvgIpc) is 2.38. The van der Waals surface area contributed by atoms with Crippen LogP contribution in [0.5, 0.6) is 0 Å². The topological polar surface area (TPSA) is 35.6 Å². The molecule has 104 valence electrons. The van der Waals surface area contributed by atoms with E-state index in [1.54, 1.807) is 31.1 Å². The second kappa shape index (κ2) is 6.02. The van der Waals surface area contributed by atoms with Crippen LogP contribution >= 0.6 is 0 Å². The Bertz CT molecular complexity index is 450. The van der Waals surface area contributed by atoms with Gasteiger partial charge in [0.15, 0.2) is 0 Å². The first-order valence-corrected chi connectivity index (χ1v) is 6.50. The van der Waals surface area contributed by atoms with Crippen LogP contribution < -0.4 is 5.32 Å². The van der Waals surface area contributed by atoms with Crippen molar-refractivity contribution in [3.05, 3.63) is 35.6 Å². The van der Waals surface area contributed by atoms with Crippen LogP contribution in [-0.2, 0) is 6.42 Å². The summed E-state index contributed by atoms with van der Waals surface area (Å²) in [5.74, 6) is -0.213. The second-order valence-corrected chi connectivity index (χ2v) is 5.11. The Kier molecular flexibility index (Phi) is 4.37. The summed E-state index contributed by atoms with van der Waals surface area (Å²) in [4.78, 5) is 15.3. The monoisotopic (exact) mass is 265 g/mol. The lowest BCUT2D eigenvalue weighted by Crippen LogP contribution is -2.55. The van der Waals surface area contributed by atoms with Crippen molar-refractivity contribution in [2.45, 2.75) is 12.5 Å². The van der Waals surface area contributed by atoms with E-state index >= 15 is 0 Å². The van der Waals surface area contributed by atoms with E-state index < -0.39 is 0 Å². The zero-order chi connectivity index (χ0) is 13.8. The SMILES string of the molecule is CN(C)C(=O)N1CCNC(Cc2cccc(F)c2)C1. The second-order valence-electron chi connectivity index (χ2n) is 5.11. The molecule has 1 aliphatic heterocycles. The van der Waals surface area contributed by atoms with Crippen molar-refractivity contribution in [2.24, 2.45) is 0 Å². The smallest absolute Gasteiger partial charge is 0.319 e. The summed E-state index contributed by atoms with van der Waals surface area (Å²) in [5.41, 5.74) is 0.955. The maximum atomic E-state index is 13.1. The maximum absolute atomic E-state index is 13.1. The van der Waals surface area contributed by atoms with Crippen LogP contribution in [0.3, 0.4) is 0 Å². The Morgan fingerprint density at radius 3 is 3.00 bits per heavy atom. The van der Waals surface area contributed by atoms with Gasteiger partial charge in [-0.3, -0.25) is 0 Å². The Morgan fingerprint density at radius 2 is 2.32 bits per heavy atom. The van der Waals surface area contributed by atoms with Gasteiger partial charge in [0.25, 0.3) is 0 Å². The van der Waals surface area contributed by atoms with Crippen molar-refractivity contribution < 1.29 is 9.18 Å². The molecular weight excluding hydrogens is 245 g/mol. The number of benzene rings is 1. The van der Waals surface area contributed by atoms with Crippen LogP contribution in [0.25, 0.3) is 0 Å². The predicted octanol–water partition coefficient (Wildman–Crippen LogP) is 1.32. The van der Waals surface area contributed by atoms with Crippen molar-refractivity contribution >= 4 is 6.03 Å². The highest BCUT2D eigenvalue weighted by atomic mass is 19.1. The van der Waals surface area contributed by atoms with E-state index in [0.29, 0.717) is 6.54 Å². The number of nitrogens with one attached hydrogen (secondary N) is 1. The van der Waals surface area contributed by atoms with Crippen LogP contribution in [0.1, 0.15) is 5.56 Å². The van der Waals surface area contributed by atoms with E-state index in [9.17, 15) is 9.18 Å². The quantitative estimate of drug-likeness (QED) is 0.875. The molecule has 19 heavy (non-hydrogen) atoms. The Morgan fingerprint density at radius 1 is 1.53 bits per heavy atom. The van der Waals surface area contributed by atoms with Gasteiger partial charge in [-0.15, -0.1) is 0 Å². The van der Waals surface area contributed by atoms with Crippen LogP contribution in [-0.4, -0.2) is 55.6 Å². The Hall–Kier alpha value is -1.62. The molecule has 0 saturated carbocycles. The van der Waals surface area contributed by atoms with Gasteiger partial charge >= 0.3 is 6.03 Å². The highest BCUT2D eigenvalue weighted by Crippen LogP contribution is 2.10. The summed E-state index contributed by atoms with van der Waals surface area (Å²) in [6, 6.07) is 6.84. The summed E-state index contributed by atoms with van der Waals surface area (Å²) in [5, 5.41) is 3.38. The van der Waals surface area contributed by atoms with Gasteiger partial charge in [-0.2, -0.15) is 0 Å². The number of urea groups is 1. The molecule has 2 amide bonds. The largest absolute Gasteiger partial charge is 0.331 e. The molecule has 1 N–H and O–H groups in total. The molecule has 1 unspecified atom stereocenters. The van der Waals surface area contributed by atoms with Crippen LogP contribution in [0.15, 0.2) is 24.3 Å². The van der Waals surface area contributed by atoms with E-state index in [1.165, 1.54) is 6.07 Å². The van der Waals surface area contributed by atoms with Crippen molar-refractivity contribution in [3.8, 4) is 0 Å². The van der Waals surface area contributed by atoms with Crippen LogP contribution in [0, 0.1) is 5.82 Å². The molecule has 2 rings (SSSR count). The number of piperazine rings is 1. The summed E-state index contributed by atoms with van der Waals surface area (Å²) in [6.45, 7) is 2.16. The predicted molar refractivity (Wildman–Crippen MR) is 72.6 cm³/mol. The van der Waals surface area contributed by atoms with E-state index in [0.717, 1.165) is 25.1 Å². The van der Waals surface area contributed by atoms with Crippen LogP contribution in [0.2, 0.25) is 0 Å². The molecule has 0 spiro atoms. The van der Waals surface area contributed by atoms with Crippen molar-refractivity contribution in [2.75, 3.05) is 33.7 Å². The Balaban J connectivity index is 1.96. The summed E-state index contributed by atoms with van der Waals surface area (Å²) in [6.07, 6.45) is 0.731. The number of nitrogens with zero attached hydrogens (tertiary/aromatic N) is 2. The summed E-state index contributed by atoms with van der Waals surface area (Å²) >= 11 is 0. The molecule has 1 saturated heterocycles. The zero-order valence-electron chi connectivity index (χ0n) is 11.4. The first-order chi connectivity index (χ1) is 9.06. The molecule has 0 bridgehead atoms. The minimum absolute atomic E-state index is 0.0331. The van der Waals surface area contributed by atoms with Gasteiger partial charge in [-0.1, -0.05) is 12.1 Å². The third-order valence-corrected chi connectivity index (χ3v) is 3.28. The maximum Gasteiger partial charge on any atom is 0.319 e. The van der Waals surface area contributed by atoms with E-state index in [4.69, 9.17) is 0 Å². The van der Waals surface area contributed by atoms with E-state index in [-0.39, 0.29) is 17.9 Å². The third kappa shape index (κ3) is 3.67. The number of hydrogen-bond acceptors (Lipinski definition) is 2. The van der Waals surface area contributed by atoms with Gasteiger partial charge in [-0.25, -0.2) is 9.18 Å². The first kappa shape index (κ1) is 13.8. The molecule has 0 aliphatic carbocycles. The van der Waals surface area contributed by atoms with E-state index in [1.807, 2.05) is 11.0 Å². The van der Waals surface area contributed by atoms with E-state index in [2.05, 4.69) is 5.32 Å². The fraction of sp³-hybridized carbons (Fsp3) is 0.500. The molecule has 1 heterocycles. The molecule has 0 radical (unpaired) electrons. The van der Waals surface area contributed by atoms with Gasteiger partial charge < -0.3 is 15.1 Å². The summed E-state index contributed by atoms with van der Waals surface area (Å²) < 4.78 is 13.1. The van der Waals surface area contributed by atoms with Gasteiger partial charge in [0.05, 0.1) is 0 Å². The fourth-order valence-corrected chi connectivity index (χ4v) is 2.37. The fourth-order valence-electron chi connectivity index (χ4n) is 2.37. The Labute approximate surface area is 113 Å². The highest BCUT2D eigenvalue weighted by Gasteiger charge is 2.24. The zero-order valence-corrected chi connectivity index (χ0v) is 11.4. The molecule has 1 fully saturated rings. The van der Waals surface area contributed by atoms with Crippen molar-refractivity contribution in [1.82, 2.24) is 15.1 Å². The van der Waals surface area contributed by atoms with Gasteiger partial charge in [-0.05, 0) is 24.1 Å². The molecule has 0 aromatic heterocycles.